The Morgan fingerprint density at radius 3 is 2.47 bits per heavy atom. The fourth-order valence-electron chi connectivity index (χ4n) is 3.46. The Hall–Kier alpha value is -2.03. The predicted octanol–water partition coefficient (Wildman–Crippen LogP) is 3.51. The van der Waals surface area contributed by atoms with Crippen molar-refractivity contribution in [2.75, 3.05) is 18.9 Å². The summed E-state index contributed by atoms with van der Waals surface area (Å²) >= 11 is 0. The summed E-state index contributed by atoms with van der Waals surface area (Å²) in [6.45, 7) is 6.16. The number of sulfone groups is 1. The smallest absolute Gasteiger partial charge is 0.178 e. The van der Waals surface area contributed by atoms with E-state index in [1.165, 1.54) is 0 Å². The maximum atomic E-state index is 13.2. The van der Waals surface area contributed by atoms with E-state index < -0.39 is 27.6 Å². The van der Waals surface area contributed by atoms with Crippen LogP contribution in [0, 0.1) is 11.6 Å². The molecule has 2 aromatic rings. The van der Waals surface area contributed by atoms with Gasteiger partial charge in [-0.1, -0.05) is 32.9 Å². The number of hydrogen-bond donors (Lipinski definition) is 2. The van der Waals surface area contributed by atoms with Crippen LogP contribution in [-0.4, -0.2) is 38.5 Å². The zero-order valence-electron chi connectivity index (χ0n) is 17.3. The minimum absolute atomic E-state index is 0.00419. The van der Waals surface area contributed by atoms with Gasteiger partial charge in [-0.05, 0) is 29.0 Å². The summed E-state index contributed by atoms with van der Waals surface area (Å²) in [5.74, 6) is -1.49. The molecule has 0 bridgehead atoms. The van der Waals surface area contributed by atoms with Gasteiger partial charge in [0.2, 0.25) is 0 Å². The molecule has 2 unspecified atom stereocenters. The van der Waals surface area contributed by atoms with Crippen LogP contribution in [0.5, 0.6) is 5.75 Å². The third-order valence-corrected chi connectivity index (χ3v) is 6.95. The van der Waals surface area contributed by atoms with Gasteiger partial charge in [0.1, 0.15) is 30.1 Å². The minimum atomic E-state index is -3.33. The lowest BCUT2D eigenvalue weighted by Crippen LogP contribution is -2.37. The molecule has 0 saturated heterocycles. The highest BCUT2D eigenvalue weighted by molar-refractivity contribution is 7.91. The molecule has 2 aromatic carbocycles. The number of halogens is 2. The Balaban J connectivity index is 1.68. The summed E-state index contributed by atoms with van der Waals surface area (Å²) < 4.78 is 56.7. The molecule has 8 heteroatoms. The molecule has 30 heavy (non-hydrogen) atoms. The van der Waals surface area contributed by atoms with Gasteiger partial charge in [-0.25, -0.2) is 17.2 Å². The Morgan fingerprint density at radius 2 is 1.83 bits per heavy atom. The molecule has 2 atom stereocenters. The number of aliphatic hydroxyl groups excluding tert-OH is 1. The van der Waals surface area contributed by atoms with E-state index in [-0.39, 0.29) is 36.1 Å². The van der Waals surface area contributed by atoms with Crippen LogP contribution < -0.4 is 10.1 Å². The molecular formula is C22H27F2NO4S. The van der Waals surface area contributed by atoms with Crippen molar-refractivity contribution in [1.82, 2.24) is 5.32 Å². The van der Waals surface area contributed by atoms with Crippen molar-refractivity contribution < 1.29 is 27.0 Å². The lowest BCUT2D eigenvalue weighted by atomic mass is 9.85. The van der Waals surface area contributed by atoms with E-state index in [2.05, 4.69) is 26.1 Å². The molecule has 0 fully saturated rings. The second kappa shape index (κ2) is 8.61. The van der Waals surface area contributed by atoms with Gasteiger partial charge in [0.15, 0.2) is 9.84 Å². The van der Waals surface area contributed by atoms with Crippen LogP contribution in [0.15, 0.2) is 41.3 Å². The van der Waals surface area contributed by atoms with Crippen LogP contribution in [0.3, 0.4) is 0 Å². The Morgan fingerprint density at radius 1 is 1.17 bits per heavy atom. The first-order valence-corrected chi connectivity index (χ1v) is 11.5. The number of ether oxygens (including phenoxy) is 1. The summed E-state index contributed by atoms with van der Waals surface area (Å²) in [5.41, 5.74) is 1.60. The summed E-state index contributed by atoms with van der Waals surface area (Å²) in [6.07, 6.45) is -0.546. The van der Waals surface area contributed by atoms with Gasteiger partial charge in [-0.15, -0.1) is 0 Å². The van der Waals surface area contributed by atoms with E-state index >= 15 is 0 Å². The van der Waals surface area contributed by atoms with Crippen LogP contribution in [0.4, 0.5) is 8.78 Å². The largest absolute Gasteiger partial charge is 0.491 e. The van der Waals surface area contributed by atoms with Gasteiger partial charge in [0, 0.05) is 30.8 Å². The van der Waals surface area contributed by atoms with Crippen molar-refractivity contribution in [1.29, 1.82) is 0 Å². The Bertz CT molecular complexity index is 998. The highest BCUT2D eigenvalue weighted by atomic mass is 32.2. The number of aliphatic hydroxyl groups is 1. The van der Waals surface area contributed by atoms with Crippen molar-refractivity contribution >= 4 is 9.84 Å². The van der Waals surface area contributed by atoms with Crippen molar-refractivity contribution in [3.63, 3.8) is 0 Å². The highest BCUT2D eigenvalue weighted by Crippen LogP contribution is 2.35. The zero-order valence-corrected chi connectivity index (χ0v) is 18.1. The van der Waals surface area contributed by atoms with Gasteiger partial charge in [-0.3, -0.25) is 0 Å². The van der Waals surface area contributed by atoms with E-state index in [1.807, 2.05) is 12.1 Å². The fourth-order valence-corrected chi connectivity index (χ4v) is 5.06. The number of fused-ring (bicyclic) bond motifs is 1. The van der Waals surface area contributed by atoms with Crippen LogP contribution >= 0.6 is 0 Å². The van der Waals surface area contributed by atoms with Crippen LogP contribution in [0.2, 0.25) is 0 Å². The van der Waals surface area contributed by atoms with Gasteiger partial charge < -0.3 is 15.2 Å². The molecule has 0 radical (unpaired) electrons. The number of nitrogens with one attached hydrogen (secondary N) is 1. The van der Waals surface area contributed by atoms with E-state index in [0.29, 0.717) is 16.9 Å². The van der Waals surface area contributed by atoms with E-state index in [9.17, 15) is 22.3 Å². The first kappa shape index (κ1) is 22.7. The number of benzene rings is 2. The van der Waals surface area contributed by atoms with Crippen molar-refractivity contribution in [2.24, 2.45) is 0 Å². The fraction of sp³-hybridized carbons (Fsp3) is 0.455. The molecular weight excluding hydrogens is 412 g/mol. The molecule has 1 aliphatic rings. The SMILES string of the molecule is CC(C)(C)c1ccc2c(c1)C(NCC(O)COc1cc(F)cc(F)c1)CCS2(=O)=O. The molecule has 1 heterocycles. The molecule has 0 spiro atoms. The standard InChI is InChI=1S/C22H27F2NO4S/c1-22(2,3)14-4-5-21-19(8-14)20(6-7-30(21,27)28)25-12-17(26)13-29-18-10-15(23)9-16(24)11-18/h4-5,8-11,17,20,25-26H,6-7,12-13H2,1-3H3. The number of hydrogen-bond acceptors (Lipinski definition) is 5. The Labute approximate surface area is 176 Å². The molecule has 3 rings (SSSR count). The van der Waals surface area contributed by atoms with Crippen LogP contribution in [-0.2, 0) is 15.3 Å². The van der Waals surface area contributed by atoms with Crippen LogP contribution in [0.1, 0.15) is 44.4 Å². The average molecular weight is 440 g/mol. The zero-order chi connectivity index (χ0) is 22.1. The minimum Gasteiger partial charge on any atom is -0.491 e. The molecule has 0 aliphatic carbocycles. The third kappa shape index (κ3) is 5.36. The third-order valence-electron chi connectivity index (χ3n) is 5.14. The first-order chi connectivity index (χ1) is 14.0. The summed E-state index contributed by atoms with van der Waals surface area (Å²) in [4.78, 5) is 0.320. The highest BCUT2D eigenvalue weighted by Gasteiger charge is 2.31. The molecule has 0 aromatic heterocycles. The second-order valence-electron chi connectivity index (χ2n) is 8.64. The summed E-state index contributed by atoms with van der Waals surface area (Å²) in [6, 6.07) is 8.02. The monoisotopic (exact) mass is 439 g/mol. The molecule has 2 N–H and O–H groups in total. The predicted molar refractivity (Wildman–Crippen MR) is 110 cm³/mol. The normalized spacial score (nSPS) is 19.2. The summed E-state index contributed by atoms with van der Waals surface area (Å²) in [5, 5.41) is 13.4. The molecule has 0 saturated carbocycles. The van der Waals surface area contributed by atoms with E-state index in [1.54, 1.807) is 6.07 Å². The maximum absolute atomic E-state index is 13.2. The second-order valence-corrected chi connectivity index (χ2v) is 10.7. The molecule has 0 amide bonds. The summed E-state index contributed by atoms with van der Waals surface area (Å²) in [7, 11) is -3.33. The van der Waals surface area contributed by atoms with Crippen LogP contribution in [0.25, 0.3) is 0 Å². The molecule has 5 nitrogen and oxygen atoms in total. The van der Waals surface area contributed by atoms with Crippen molar-refractivity contribution in [3.8, 4) is 5.75 Å². The van der Waals surface area contributed by atoms with Gasteiger partial charge in [0.05, 0.1) is 10.6 Å². The first-order valence-electron chi connectivity index (χ1n) is 9.83. The van der Waals surface area contributed by atoms with Crippen molar-refractivity contribution in [3.05, 3.63) is 59.2 Å². The van der Waals surface area contributed by atoms with Gasteiger partial charge in [0.25, 0.3) is 0 Å². The molecule has 164 valence electrons. The quantitative estimate of drug-likeness (QED) is 0.721. The maximum Gasteiger partial charge on any atom is 0.178 e. The van der Waals surface area contributed by atoms with Crippen molar-refractivity contribution in [2.45, 2.75) is 49.6 Å². The molecule has 1 aliphatic heterocycles. The van der Waals surface area contributed by atoms with E-state index in [4.69, 9.17) is 4.74 Å². The van der Waals surface area contributed by atoms with Gasteiger partial charge >= 0.3 is 0 Å². The number of rotatable bonds is 6. The van der Waals surface area contributed by atoms with Gasteiger partial charge in [-0.2, -0.15) is 0 Å². The lowest BCUT2D eigenvalue weighted by Gasteiger charge is -2.30. The average Bonchev–Trinajstić information content (AvgIpc) is 2.64. The lowest BCUT2D eigenvalue weighted by molar-refractivity contribution is 0.103. The topological polar surface area (TPSA) is 75.6 Å². The Kier molecular flexibility index (Phi) is 6.50. The van der Waals surface area contributed by atoms with E-state index in [0.717, 1.165) is 23.8 Å².